The summed E-state index contributed by atoms with van der Waals surface area (Å²) in [5, 5.41) is 3.38. The van der Waals surface area contributed by atoms with Gasteiger partial charge in [0.1, 0.15) is 0 Å². The van der Waals surface area contributed by atoms with E-state index in [1.165, 1.54) is 0 Å². The first-order chi connectivity index (χ1) is 10.6. The summed E-state index contributed by atoms with van der Waals surface area (Å²) in [5.41, 5.74) is -3.36. The van der Waals surface area contributed by atoms with Crippen molar-refractivity contribution in [1.29, 1.82) is 0 Å². The minimum Gasteiger partial charge on any atom is -0.318 e. The molecule has 0 bridgehead atoms. The molecule has 0 aromatic rings. The van der Waals surface area contributed by atoms with Gasteiger partial charge in [-0.05, 0) is 18.8 Å². The first-order valence-corrected chi connectivity index (χ1v) is 7.62. The van der Waals surface area contributed by atoms with Gasteiger partial charge >= 0.3 is 12.2 Å². The van der Waals surface area contributed by atoms with Gasteiger partial charge in [-0.15, -0.1) is 0 Å². The highest BCUT2D eigenvalue weighted by Crippen LogP contribution is 2.37. The van der Waals surface area contributed by atoms with Crippen molar-refractivity contribution in [3.05, 3.63) is 0 Å². The number of hydrogen-bond donors (Lipinski definition) is 2. The molecule has 1 heterocycles. The van der Waals surface area contributed by atoms with Gasteiger partial charge in [-0.2, -0.15) is 13.2 Å². The Hall–Kier alpha value is -1.80. The number of urea groups is 1. The maximum absolute atomic E-state index is 13.5. The lowest BCUT2D eigenvalue weighted by molar-refractivity contribution is -0.204. The third-order valence-electron chi connectivity index (χ3n) is 4.09. The van der Waals surface area contributed by atoms with Gasteiger partial charge < -0.3 is 5.32 Å². The monoisotopic (exact) mass is 335 g/mol. The van der Waals surface area contributed by atoms with Crippen molar-refractivity contribution in [3.63, 3.8) is 0 Å². The minimum atomic E-state index is -5.13. The van der Waals surface area contributed by atoms with E-state index in [-0.39, 0.29) is 12.3 Å². The minimum absolute atomic E-state index is 0.176. The molecule has 23 heavy (non-hydrogen) atoms. The van der Waals surface area contributed by atoms with Crippen molar-refractivity contribution in [1.82, 2.24) is 15.5 Å². The molecular formula is C14H20F3N3O3. The standard InChI is InChI=1S/C14H20F3N3O3/c1-8(2)7-10(21)18-13(14(15,16)17)11(22)20(12(23)19-13)9-5-3-4-6-9/h8-9H,3-7H2,1-2H3,(H,18,21)(H,19,23)/t13-/m1/s1. The van der Waals surface area contributed by atoms with Crippen molar-refractivity contribution >= 4 is 17.8 Å². The number of rotatable bonds is 4. The predicted molar refractivity (Wildman–Crippen MR) is 74.0 cm³/mol. The molecule has 2 aliphatic rings. The van der Waals surface area contributed by atoms with Crippen LogP contribution in [0.1, 0.15) is 46.0 Å². The van der Waals surface area contributed by atoms with Crippen LogP contribution in [0.4, 0.5) is 18.0 Å². The summed E-state index contributed by atoms with van der Waals surface area (Å²) >= 11 is 0. The molecule has 4 amide bonds. The first-order valence-electron chi connectivity index (χ1n) is 7.62. The number of carbonyl (C=O) groups excluding carboxylic acids is 3. The summed E-state index contributed by atoms with van der Waals surface area (Å²) < 4.78 is 40.6. The second-order valence-electron chi connectivity index (χ2n) is 6.44. The van der Waals surface area contributed by atoms with Crippen LogP contribution in [0.2, 0.25) is 0 Å². The molecule has 0 unspecified atom stereocenters. The van der Waals surface area contributed by atoms with Gasteiger partial charge in [0.15, 0.2) is 0 Å². The van der Waals surface area contributed by atoms with Crippen LogP contribution in [0.3, 0.4) is 0 Å². The molecule has 0 spiro atoms. The van der Waals surface area contributed by atoms with Crippen LogP contribution in [0, 0.1) is 5.92 Å². The Morgan fingerprint density at radius 3 is 2.39 bits per heavy atom. The van der Waals surface area contributed by atoms with E-state index in [0.29, 0.717) is 17.7 Å². The number of alkyl halides is 3. The van der Waals surface area contributed by atoms with Gasteiger partial charge in [0.2, 0.25) is 5.91 Å². The van der Waals surface area contributed by atoms with E-state index in [9.17, 15) is 27.6 Å². The molecule has 1 aliphatic heterocycles. The summed E-state index contributed by atoms with van der Waals surface area (Å²) in [6, 6.07) is -1.65. The zero-order valence-corrected chi connectivity index (χ0v) is 13.0. The van der Waals surface area contributed by atoms with Crippen LogP contribution < -0.4 is 10.6 Å². The number of nitrogens with zero attached hydrogens (tertiary/aromatic N) is 1. The average molecular weight is 335 g/mol. The second-order valence-corrected chi connectivity index (χ2v) is 6.44. The first kappa shape index (κ1) is 17.6. The van der Waals surface area contributed by atoms with Crippen molar-refractivity contribution in [3.8, 4) is 0 Å². The van der Waals surface area contributed by atoms with Crippen molar-refractivity contribution in [2.24, 2.45) is 5.92 Å². The summed E-state index contributed by atoms with van der Waals surface area (Å²) in [6.45, 7) is 3.33. The Balaban J connectivity index is 2.30. The Bertz CT molecular complexity index is 515. The largest absolute Gasteiger partial charge is 0.440 e. The molecule has 0 aromatic heterocycles. The maximum atomic E-state index is 13.5. The van der Waals surface area contributed by atoms with E-state index in [2.05, 4.69) is 0 Å². The van der Waals surface area contributed by atoms with Gasteiger partial charge in [-0.25, -0.2) is 4.79 Å². The van der Waals surface area contributed by atoms with Gasteiger partial charge in [0.05, 0.1) is 0 Å². The Morgan fingerprint density at radius 2 is 1.91 bits per heavy atom. The lowest BCUT2D eigenvalue weighted by Crippen LogP contribution is -2.69. The molecule has 130 valence electrons. The van der Waals surface area contributed by atoms with E-state index < -0.39 is 35.7 Å². The predicted octanol–water partition coefficient (Wildman–Crippen LogP) is 1.90. The third kappa shape index (κ3) is 3.13. The Kier molecular flexibility index (Phi) is 4.59. The van der Waals surface area contributed by atoms with Crippen LogP contribution in [0.5, 0.6) is 0 Å². The van der Waals surface area contributed by atoms with Crippen LogP contribution in [0.25, 0.3) is 0 Å². The number of amides is 4. The quantitative estimate of drug-likeness (QED) is 0.770. The van der Waals surface area contributed by atoms with Crippen LogP contribution in [0.15, 0.2) is 0 Å². The average Bonchev–Trinajstić information content (AvgIpc) is 2.96. The van der Waals surface area contributed by atoms with Crippen molar-refractivity contribution in [2.45, 2.75) is 63.8 Å². The third-order valence-corrected chi connectivity index (χ3v) is 4.09. The van der Waals surface area contributed by atoms with Crippen LogP contribution >= 0.6 is 0 Å². The molecule has 2 fully saturated rings. The number of nitrogens with one attached hydrogen (secondary N) is 2. The molecular weight excluding hydrogens is 315 g/mol. The van der Waals surface area contributed by atoms with E-state index in [4.69, 9.17) is 0 Å². The molecule has 9 heteroatoms. The van der Waals surface area contributed by atoms with Gasteiger partial charge in [-0.1, -0.05) is 26.7 Å². The molecule has 1 saturated carbocycles. The topological polar surface area (TPSA) is 78.5 Å². The number of carbonyl (C=O) groups is 3. The Labute approximate surface area is 131 Å². The van der Waals surface area contributed by atoms with E-state index in [1.54, 1.807) is 24.5 Å². The molecule has 2 N–H and O–H groups in total. The van der Waals surface area contributed by atoms with Crippen LogP contribution in [-0.2, 0) is 9.59 Å². The Morgan fingerprint density at radius 1 is 1.35 bits per heavy atom. The fraction of sp³-hybridized carbons (Fsp3) is 0.786. The fourth-order valence-corrected chi connectivity index (χ4v) is 3.02. The normalized spacial score (nSPS) is 26.1. The molecule has 0 radical (unpaired) electrons. The molecule has 6 nitrogen and oxygen atoms in total. The summed E-state index contributed by atoms with van der Waals surface area (Å²) in [4.78, 5) is 36.8. The maximum Gasteiger partial charge on any atom is 0.440 e. The van der Waals surface area contributed by atoms with Crippen LogP contribution in [-0.4, -0.2) is 40.6 Å². The highest BCUT2D eigenvalue weighted by molar-refractivity contribution is 6.09. The smallest absolute Gasteiger partial charge is 0.318 e. The molecule has 1 atom stereocenters. The highest BCUT2D eigenvalue weighted by atomic mass is 19.4. The molecule has 1 saturated heterocycles. The lowest BCUT2D eigenvalue weighted by Gasteiger charge is -2.30. The highest BCUT2D eigenvalue weighted by Gasteiger charge is 2.69. The second kappa shape index (κ2) is 6.01. The fourth-order valence-electron chi connectivity index (χ4n) is 3.02. The molecule has 1 aliphatic carbocycles. The lowest BCUT2D eigenvalue weighted by atomic mass is 10.1. The zero-order chi connectivity index (χ0) is 17.4. The number of hydrogen-bond acceptors (Lipinski definition) is 3. The SMILES string of the molecule is CC(C)CC(=O)N[C@@]1(C(F)(F)F)NC(=O)N(C2CCCC2)C1=O. The van der Waals surface area contributed by atoms with Crippen molar-refractivity contribution in [2.75, 3.05) is 0 Å². The molecule has 0 aromatic carbocycles. The van der Waals surface area contributed by atoms with E-state index >= 15 is 0 Å². The summed E-state index contributed by atoms with van der Waals surface area (Å²) in [7, 11) is 0. The van der Waals surface area contributed by atoms with Crippen molar-refractivity contribution < 1.29 is 27.6 Å². The number of imide groups is 1. The zero-order valence-electron chi connectivity index (χ0n) is 13.0. The van der Waals surface area contributed by atoms with E-state index in [1.807, 2.05) is 0 Å². The molecule has 2 rings (SSSR count). The summed E-state index contributed by atoms with van der Waals surface area (Å²) in [5.74, 6) is -2.56. The van der Waals surface area contributed by atoms with Gasteiger partial charge in [0.25, 0.3) is 11.6 Å². The number of halogens is 3. The summed E-state index contributed by atoms with van der Waals surface area (Å²) in [6.07, 6.45) is -2.84. The van der Waals surface area contributed by atoms with Gasteiger partial charge in [0, 0.05) is 12.5 Å². The van der Waals surface area contributed by atoms with E-state index in [0.717, 1.165) is 12.8 Å². The van der Waals surface area contributed by atoms with Gasteiger partial charge in [-0.3, -0.25) is 19.8 Å².